The lowest BCUT2D eigenvalue weighted by Crippen LogP contribution is -1.85. The summed E-state index contributed by atoms with van der Waals surface area (Å²) in [7, 11) is 0. The molecule has 0 bridgehead atoms. The zero-order valence-corrected chi connectivity index (χ0v) is 9.23. The van der Waals surface area contributed by atoms with Crippen molar-refractivity contribution in [2.45, 2.75) is 13.3 Å². The number of pyridine rings is 1. The van der Waals surface area contributed by atoms with E-state index in [0.29, 0.717) is 10.2 Å². The highest BCUT2D eigenvalue weighted by Gasteiger charge is 2.03. The molecule has 0 aliphatic carbocycles. The molecule has 1 nitrogen and oxygen atoms in total. The minimum absolute atomic E-state index is 0.437. The zero-order chi connectivity index (χ0) is 10.1. The van der Waals surface area contributed by atoms with Gasteiger partial charge in [-0.1, -0.05) is 36.2 Å². The van der Waals surface area contributed by atoms with Crippen LogP contribution in [0.5, 0.6) is 0 Å². The van der Waals surface area contributed by atoms with E-state index in [4.69, 9.17) is 23.2 Å². The summed E-state index contributed by atoms with van der Waals surface area (Å²) >= 11 is 11.9. The number of fused-ring (bicyclic) bond motifs is 1. The molecule has 0 saturated carbocycles. The molecular weight excluding hydrogens is 217 g/mol. The Bertz CT molecular complexity index is 480. The van der Waals surface area contributed by atoms with Crippen molar-refractivity contribution in [3.05, 3.63) is 40.0 Å². The van der Waals surface area contributed by atoms with Gasteiger partial charge >= 0.3 is 0 Å². The summed E-state index contributed by atoms with van der Waals surface area (Å²) in [4.78, 5) is 4.19. The fraction of sp³-hybridized carbons (Fsp3) is 0.182. The standard InChI is InChI=1S/C11H9Cl2N/c1-2-7-3-4-10-8(5-7)9(12)6-11(13)14-10/h3-6H,2H2,1H3. The normalized spacial score (nSPS) is 10.8. The lowest BCUT2D eigenvalue weighted by molar-refractivity contribution is 1.14. The van der Waals surface area contributed by atoms with Gasteiger partial charge in [0.05, 0.1) is 10.5 Å². The van der Waals surface area contributed by atoms with E-state index in [1.165, 1.54) is 5.56 Å². The van der Waals surface area contributed by atoms with Gasteiger partial charge in [-0.15, -0.1) is 0 Å². The number of rotatable bonds is 1. The number of hydrogen-bond donors (Lipinski definition) is 0. The smallest absolute Gasteiger partial charge is 0.131 e. The molecule has 0 fully saturated rings. The number of aryl methyl sites for hydroxylation is 1. The molecule has 72 valence electrons. The molecular formula is C11H9Cl2N. The zero-order valence-electron chi connectivity index (χ0n) is 7.72. The molecule has 0 spiro atoms. The molecule has 1 aromatic heterocycles. The predicted octanol–water partition coefficient (Wildman–Crippen LogP) is 4.10. The van der Waals surface area contributed by atoms with Crippen LogP contribution < -0.4 is 0 Å². The van der Waals surface area contributed by atoms with Crippen molar-refractivity contribution in [3.8, 4) is 0 Å². The third kappa shape index (κ3) is 1.70. The van der Waals surface area contributed by atoms with Gasteiger partial charge in [0.15, 0.2) is 0 Å². The first-order valence-corrected chi connectivity index (χ1v) is 5.21. The Morgan fingerprint density at radius 2 is 2.00 bits per heavy atom. The van der Waals surface area contributed by atoms with Gasteiger partial charge in [-0.2, -0.15) is 0 Å². The van der Waals surface area contributed by atoms with Gasteiger partial charge in [0.25, 0.3) is 0 Å². The molecule has 14 heavy (non-hydrogen) atoms. The number of benzene rings is 1. The van der Waals surface area contributed by atoms with Crippen LogP contribution in [0.15, 0.2) is 24.3 Å². The highest BCUT2D eigenvalue weighted by molar-refractivity contribution is 6.37. The molecule has 0 atom stereocenters. The molecule has 0 unspecified atom stereocenters. The molecule has 0 aliphatic rings. The summed E-state index contributed by atoms with van der Waals surface area (Å²) in [6.45, 7) is 2.11. The molecule has 3 heteroatoms. The van der Waals surface area contributed by atoms with Crippen molar-refractivity contribution < 1.29 is 0 Å². The maximum Gasteiger partial charge on any atom is 0.131 e. The summed E-state index contributed by atoms with van der Waals surface area (Å²) in [5.74, 6) is 0. The van der Waals surface area contributed by atoms with Crippen molar-refractivity contribution >= 4 is 34.1 Å². The first-order chi connectivity index (χ1) is 6.70. The topological polar surface area (TPSA) is 12.9 Å². The summed E-state index contributed by atoms with van der Waals surface area (Å²) in [5, 5.41) is 2.07. The minimum Gasteiger partial charge on any atom is -0.236 e. The van der Waals surface area contributed by atoms with Crippen molar-refractivity contribution in [1.82, 2.24) is 4.98 Å². The van der Waals surface area contributed by atoms with Crippen LogP contribution in [0.4, 0.5) is 0 Å². The summed E-state index contributed by atoms with van der Waals surface area (Å²) in [5.41, 5.74) is 2.10. The Labute approximate surface area is 92.7 Å². The average Bonchev–Trinajstić information content (AvgIpc) is 2.17. The molecule has 0 amide bonds. The van der Waals surface area contributed by atoms with Gasteiger partial charge in [0.2, 0.25) is 0 Å². The van der Waals surface area contributed by atoms with Crippen molar-refractivity contribution in [1.29, 1.82) is 0 Å². The van der Waals surface area contributed by atoms with E-state index < -0.39 is 0 Å². The van der Waals surface area contributed by atoms with Crippen molar-refractivity contribution in [2.24, 2.45) is 0 Å². The van der Waals surface area contributed by atoms with Crippen molar-refractivity contribution in [2.75, 3.05) is 0 Å². The minimum atomic E-state index is 0.437. The second-order valence-corrected chi connectivity index (χ2v) is 3.93. The predicted molar refractivity (Wildman–Crippen MR) is 61.1 cm³/mol. The number of hydrogen-bond acceptors (Lipinski definition) is 1. The fourth-order valence-corrected chi connectivity index (χ4v) is 1.93. The number of nitrogens with zero attached hydrogens (tertiary/aromatic N) is 1. The molecule has 0 radical (unpaired) electrons. The van der Waals surface area contributed by atoms with E-state index in [0.717, 1.165) is 17.3 Å². The second-order valence-electron chi connectivity index (χ2n) is 3.13. The Kier molecular flexibility index (Phi) is 2.62. The highest BCUT2D eigenvalue weighted by atomic mass is 35.5. The van der Waals surface area contributed by atoms with E-state index >= 15 is 0 Å². The van der Waals surface area contributed by atoms with E-state index in [1.54, 1.807) is 6.07 Å². The lowest BCUT2D eigenvalue weighted by atomic mass is 10.1. The van der Waals surface area contributed by atoms with Crippen LogP contribution in [0.25, 0.3) is 10.9 Å². The number of aromatic nitrogens is 1. The van der Waals surface area contributed by atoms with E-state index in [2.05, 4.69) is 18.0 Å². The van der Waals surface area contributed by atoms with Crippen LogP contribution >= 0.6 is 23.2 Å². The van der Waals surface area contributed by atoms with Crippen LogP contribution in [-0.4, -0.2) is 4.98 Å². The first kappa shape index (κ1) is 9.75. The van der Waals surface area contributed by atoms with Crippen molar-refractivity contribution in [3.63, 3.8) is 0 Å². The van der Waals surface area contributed by atoms with E-state index in [1.807, 2.05) is 12.1 Å². The Morgan fingerprint density at radius 3 is 2.71 bits per heavy atom. The summed E-state index contributed by atoms with van der Waals surface area (Å²) in [6.07, 6.45) is 0.995. The Hall–Kier alpha value is -0.790. The van der Waals surface area contributed by atoms with Gasteiger partial charge < -0.3 is 0 Å². The largest absolute Gasteiger partial charge is 0.236 e. The third-order valence-electron chi connectivity index (χ3n) is 2.20. The Morgan fingerprint density at radius 1 is 1.21 bits per heavy atom. The molecule has 2 rings (SSSR count). The molecule has 0 aliphatic heterocycles. The van der Waals surface area contributed by atoms with Gasteiger partial charge in [-0.25, -0.2) is 4.98 Å². The molecule has 0 saturated heterocycles. The summed E-state index contributed by atoms with van der Waals surface area (Å²) in [6, 6.07) is 7.72. The van der Waals surface area contributed by atoms with E-state index in [-0.39, 0.29) is 0 Å². The van der Waals surface area contributed by atoms with Gasteiger partial charge in [-0.3, -0.25) is 0 Å². The quantitative estimate of drug-likeness (QED) is 0.667. The van der Waals surface area contributed by atoms with Crippen LogP contribution in [0, 0.1) is 0 Å². The van der Waals surface area contributed by atoms with Gasteiger partial charge in [0, 0.05) is 5.39 Å². The van der Waals surface area contributed by atoms with Gasteiger partial charge in [0.1, 0.15) is 5.15 Å². The molecule has 1 aromatic carbocycles. The first-order valence-electron chi connectivity index (χ1n) is 4.45. The third-order valence-corrected chi connectivity index (χ3v) is 2.71. The van der Waals surface area contributed by atoms with Crippen LogP contribution in [0.2, 0.25) is 10.2 Å². The SMILES string of the molecule is CCc1ccc2nc(Cl)cc(Cl)c2c1. The average molecular weight is 226 g/mol. The van der Waals surface area contributed by atoms with Crippen LogP contribution in [-0.2, 0) is 6.42 Å². The number of halogens is 2. The maximum absolute atomic E-state index is 6.07. The maximum atomic E-state index is 6.07. The van der Waals surface area contributed by atoms with E-state index in [9.17, 15) is 0 Å². The van der Waals surface area contributed by atoms with Crippen LogP contribution in [0.1, 0.15) is 12.5 Å². The molecule has 2 aromatic rings. The molecule has 0 N–H and O–H groups in total. The van der Waals surface area contributed by atoms with Gasteiger partial charge in [-0.05, 0) is 30.2 Å². The fourth-order valence-electron chi connectivity index (χ4n) is 1.42. The summed E-state index contributed by atoms with van der Waals surface area (Å²) < 4.78 is 0. The van der Waals surface area contributed by atoms with Crippen LogP contribution in [0.3, 0.4) is 0 Å². The monoisotopic (exact) mass is 225 g/mol. The second kappa shape index (κ2) is 3.76. The highest BCUT2D eigenvalue weighted by Crippen LogP contribution is 2.26. The molecule has 1 heterocycles. The Balaban J connectivity index is 2.75. The lowest BCUT2D eigenvalue weighted by Gasteiger charge is -2.03.